The second-order valence-electron chi connectivity index (χ2n) is 4.65. The Kier molecular flexibility index (Phi) is 4.66. The highest BCUT2D eigenvalue weighted by Crippen LogP contribution is 2.25. The van der Waals surface area contributed by atoms with Gasteiger partial charge in [0.25, 0.3) is 0 Å². The first kappa shape index (κ1) is 15.6. The fourth-order valence-corrected chi connectivity index (χ4v) is 2.04. The van der Waals surface area contributed by atoms with Crippen molar-refractivity contribution in [2.24, 2.45) is 0 Å². The van der Waals surface area contributed by atoms with Gasteiger partial charge in [-0.25, -0.2) is 17.6 Å². The first-order valence-electron chi connectivity index (χ1n) is 6.38. The van der Waals surface area contributed by atoms with Gasteiger partial charge in [-0.05, 0) is 6.92 Å². The van der Waals surface area contributed by atoms with Crippen molar-refractivity contribution in [1.29, 1.82) is 0 Å². The van der Waals surface area contributed by atoms with Crippen LogP contribution in [0.4, 0.5) is 23.2 Å². The summed E-state index contributed by atoms with van der Waals surface area (Å²) < 4.78 is 58.3. The smallest absolute Gasteiger partial charge is 0.244 e. The average Bonchev–Trinajstić information content (AvgIpc) is 2.49. The summed E-state index contributed by atoms with van der Waals surface area (Å²) in [5, 5.41) is 2.20. The molecular formula is C13H14F4N2O2. The molecule has 1 aliphatic rings. The summed E-state index contributed by atoms with van der Waals surface area (Å²) in [6, 6.07) is -0.919. The summed E-state index contributed by atoms with van der Waals surface area (Å²) in [5.74, 6) is -6.60. The predicted octanol–water partition coefficient (Wildman–Crippen LogP) is 1.90. The lowest BCUT2D eigenvalue weighted by Crippen LogP contribution is -2.47. The number of morpholine rings is 1. The highest BCUT2D eigenvalue weighted by atomic mass is 19.2. The minimum Gasteiger partial charge on any atom is -0.378 e. The van der Waals surface area contributed by atoms with E-state index in [1.54, 1.807) is 0 Å². The van der Waals surface area contributed by atoms with Gasteiger partial charge in [0.15, 0.2) is 23.3 Å². The van der Waals surface area contributed by atoms with Gasteiger partial charge in [-0.3, -0.25) is 4.79 Å². The van der Waals surface area contributed by atoms with Gasteiger partial charge in [-0.15, -0.1) is 0 Å². The van der Waals surface area contributed by atoms with E-state index in [1.165, 1.54) is 11.8 Å². The average molecular weight is 306 g/mol. The van der Waals surface area contributed by atoms with Crippen LogP contribution in [0.3, 0.4) is 0 Å². The Labute approximate surface area is 118 Å². The van der Waals surface area contributed by atoms with E-state index in [9.17, 15) is 22.4 Å². The molecular weight excluding hydrogens is 292 g/mol. The van der Waals surface area contributed by atoms with Gasteiger partial charge in [0.1, 0.15) is 11.7 Å². The first-order valence-corrected chi connectivity index (χ1v) is 6.38. The molecule has 1 atom stereocenters. The molecule has 1 aromatic carbocycles. The number of halogens is 4. The molecule has 8 heteroatoms. The van der Waals surface area contributed by atoms with Crippen LogP contribution in [0.1, 0.15) is 6.92 Å². The summed E-state index contributed by atoms with van der Waals surface area (Å²) in [5.41, 5.74) is -0.985. The topological polar surface area (TPSA) is 41.6 Å². The van der Waals surface area contributed by atoms with Gasteiger partial charge in [-0.1, -0.05) is 0 Å². The van der Waals surface area contributed by atoms with Gasteiger partial charge in [-0.2, -0.15) is 0 Å². The molecule has 1 fully saturated rings. The number of anilines is 1. The largest absolute Gasteiger partial charge is 0.378 e. The van der Waals surface area contributed by atoms with E-state index in [4.69, 9.17) is 4.74 Å². The zero-order valence-electron chi connectivity index (χ0n) is 11.3. The second-order valence-corrected chi connectivity index (χ2v) is 4.65. The van der Waals surface area contributed by atoms with Crippen LogP contribution in [-0.4, -0.2) is 43.2 Å². The maximum absolute atomic E-state index is 13.5. The Morgan fingerprint density at radius 3 is 2.24 bits per heavy atom. The van der Waals surface area contributed by atoms with Gasteiger partial charge < -0.3 is 15.0 Å². The van der Waals surface area contributed by atoms with E-state index in [2.05, 4.69) is 5.32 Å². The summed E-state index contributed by atoms with van der Waals surface area (Å²) in [7, 11) is 0. The number of carbonyl (C=O) groups is 1. The third kappa shape index (κ3) is 3.26. The number of nitrogens with one attached hydrogen (secondary N) is 1. The first-order chi connectivity index (χ1) is 9.91. The zero-order valence-corrected chi connectivity index (χ0v) is 11.3. The van der Waals surface area contributed by atoms with E-state index in [0.717, 1.165) is 0 Å². The number of rotatable bonds is 3. The molecule has 0 spiro atoms. The number of nitrogens with zero attached hydrogens (tertiary/aromatic N) is 1. The third-order valence-corrected chi connectivity index (χ3v) is 3.17. The molecule has 1 amide bonds. The lowest BCUT2D eigenvalue weighted by atomic mass is 10.2. The number of amides is 1. The highest BCUT2D eigenvalue weighted by Gasteiger charge is 2.26. The van der Waals surface area contributed by atoms with Crippen LogP contribution in [0.15, 0.2) is 6.07 Å². The van der Waals surface area contributed by atoms with Crippen LogP contribution in [0.25, 0.3) is 0 Å². The molecule has 1 unspecified atom stereocenters. The van der Waals surface area contributed by atoms with Crippen molar-refractivity contribution >= 4 is 11.6 Å². The highest BCUT2D eigenvalue weighted by molar-refractivity contribution is 5.84. The van der Waals surface area contributed by atoms with E-state index in [0.29, 0.717) is 26.3 Å². The Balaban J connectivity index is 2.15. The predicted molar refractivity (Wildman–Crippen MR) is 66.8 cm³/mol. The maximum atomic E-state index is 13.5. The number of ether oxygens (including phenoxy) is 1. The van der Waals surface area contributed by atoms with Crippen molar-refractivity contribution in [2.45, 2.75) is 13.0 Å². The van der Waals surface area contributed by atoms with Gasteiger partial charge >= 0.3 is 0 Å². The fraction of sp³-hybridized carbons (Fsp3) is 0.462. The summed E-state index contributed by atoms with van der Waals surface area (Å²) in [4.78, 5) is 13.5. The number of carbonyl (C=O) groups excluding carboxylic acids is 1. The van der Waals surface area contributed by atoms with Gasteiger partial charge in [0, 0.05) is 19.2 Å². The Morgan fingerprint density at radius 1 is 1.19 bits per heavy atom. The van der Waals surface area contributed by atoms with Crippen LogP contribution in [0.2, 0.25) is 0 Å². The van der Waals surface area contributed by atoms with Crippen molar-refractivity contribution in [3.63, 3.8) is 0 Å². The van der Waals surface area contributed by atoms with Gasteiger partial charge in [0.2, 0.25) is 5.91 Å². The lowest BCUT2D eigenvalue weighted by molar-refractivity contribution is -0.135. The molecule has 1 aliphatic heterocycles. The summed E-state index contributed by atoms with van der Waals surface area (Å²) >= 11 is 0. The zero-order chi connectivity index (χ0) is 15.6. The van der Waals surface area contributed by atoms with Crippen LogP contribution in [-0.2, 0) is 9.53 Å². The normalized spacial score (nSPS) is 16.7. The molecule has 0 saturated carbocycles. The minimum absolute atomic E-state index is 0.115. The van der Waals surface area contributed by atoms with Crippen molar-refractivity contribution in [3.8, 4) is 0 Å². The van der Waals surface area contributed by atoms with Crippen LogP contribution in [0.5, 0.6) is 0 Å². The Bertz CT molecular complexity index is 521. The van der Waals surface area contributed by atoms with Crippen LogP contribution in [0, 0.1) is 23.3 Å². The Hall–Kier alpha value is -1.83. The van der Waals surface area contributed by atoms with E-state index in [1.807, 2.05) is 0 Å². The molecule has 0 bridgehead atoms. The van der Waals surface area contributed by atoms with Crippen molar-refractivity contribution < 1.29 is 27.1 Å². The standard InChI is InChI=1S/C13H14F4N2O2/c1-7(13(20)19-2-4-21-5-3-19)18-12-10(16)8(14)6-9(15)11(12)17/h6-7,18H,2-5H2,1H3. The number of benzene rings is 1. The lowest BCUT2D eigenvalue weighted by Gasteiger charge is -2.29. The van der Waals surface area contributed by atoms with Crippen LogP contribution >= 0.6 is 0 Å². The van der Waals surface area contributed by atoms with E-state index in [-0.39, 0.29) is 6.07 Å². The minimum atomic E-state index is -1.56. The van der Waals surface area contributed by atoms with Crippen molar-refractivity contribution in [2.75, 3.05) is 31.6 Å². The summed E-state index contributed by atoms with van der Waals surface area (Å²) in [6.07, 6.45) is 0. The summed E-state index contributed by atoms with van der Waals surface area (Å²) in [6.45, 7) is 2.81. The number of hydrogen-bond donors (Lipinski definition) is 1. The third-order valence-electron chi connectivity index (χ3n) is 3.17. The van der Waals surface area contributed by atoms with E-state index >= 15 is 0 Å². The molecule has 116 valence electrons. The molecule has 1 saturated heterocycles. The van der Waals surface area contributed by atoms with Crippen molar-refractivity contribution in [1.82, 2.24) is 4.90 Å². The molecule has 2 rings (SSSR count). The SMILES string of the molecule is CC(Nc1c(F)c(F)cc(F)c1F)C(=O)N1CCOCC1. The second kappa shape index (κ2) is 6.30. The molecule has 0 radical (unpaired) electrons. The molecule has 1 aromatic rings. The maximum Gasteiger partial charge on any atom is 0.244 e. The monoisotopic (exact) mass is 306 g/mol. The molecule has 4 nitrogen and oxygen atoms in total. The molecule has 1 heterocycles. The molecule has 21 heavy (non-hydrogen) atoms. The fourth-order valence-electron chi connectivity index (χ4n) is 2.04. The number of hydrogen-bond acceptors (Lipinski definition) is 3. The van der Waals surface area contributed by atoms with Crippen LogP contribution < -0.4 is 5.32 Å². The quantitative estimate of drug-likeness (QED) is 0.685. The molecule has 1 N–H and O–H groups in total. The van der Waals surface area contributed by atoms with E-state index < -0.39 is 40.9 Å². The van der Waals surface area contributed by atoms with Crippen molar-refractivity contribution in [3.05, 3.63) is 29.3 Å². The Morgan fingerprint density at radius 2 is 1.71 bits per heavy atom. The molecule has 0 aromatic heterocycles. The molecule has 0 aliphatic carbocycles. The van der Waals surface area contributed by atoms with Gasteiger partial charge in [0.05, 0.1) is 13.2 Å².